The van der Waals surface area contributed by atoms with E-state index < -0.39 is 0 Å². The number of pyridine rings is 1. The van der Waals surface area contributed by atoms with Crippen LogP contribution in [0.5, 0.6) is 0 Å². The van der Waals surface area contributed by atoms with Crippen LogP contribution in [0.4, 0.5) is 0 Å². The van der Waals surface area contributed by atoms with Crippen molar-refractivity contribution >= 4 is 30.7 Å². The average Bonchev–Trinajstić information content (AvgIpc) is 3.13. The zero-order valence-electron chi connectivity index (χ0n) is 15.0. The Morgan fingerprint density at radius 2 is 2.15 bits per heavy atom. The van der Waals surface area contributed by atoms with Crippen molar-refractivity contribution in [2.75, 3.05) is 19.6 Å². The summed E-state index contributed by atoms with van der Waals surface area (Å²) in [5.74, 6) is 0.588. The van der Waals surface area contributed by atoms with Crippen LogP contribution in [-0.2, 0) is 13.1 Å². The predicted molar refractivity (Wildman–Crippen MR) is 108 cm³/mol. The molecule has 0 saturated carbocycles. The molecule has 2 bridgehead atoms. The van der Waals surface area contributed by atoms with E-state index in [9.17, 15) is 9.59 Å². The molecule has 2 aromatic heterocycles. The lowest BCUT2D eigenvalue weighted by Crippen LogP contribution is -2.46. The summed E-state index contributed by atoms with van der Waals surface area (Å²) < 4.78 is 3.78. The van der Waals surface area contributed by atoms with E-state index in [2.05, 4.69) is 15.6 Å². The van der Waals surface area contributed by atoms with E-state index in [1.54, 1.807) is 18.6 Å². The molecule has 0 spiro atoms. The van der Waals surface area contributed by atoms with Gasteiger partial charge in [-0.25, -0.2) is 4.98 Å². The maximum Gasteiger partial charge on any atom is 0.263 e. The van der Waals surface area contributed by atoms with Gasteiger partial charge in [0.25, 0.3) is 11.5 Å². The first-order chi connectivity index (χ1) is 12.2. The number of amides is 1. The van der Waals surface area contributed by atoms with Crippen molar-refractivity contribution in [2.45, 2.75) is 31.8 Å². The summed E-state index contributed by atoms with van der Waals surface area (Å²) in [6, 6.07) is 3.64. The largest absolute Gasteiger partial charge is 0.352 e. The Balaban J connectivity index is 0.00000131. The van der Waals surface area contributed by atoms with Gasteiger partial charge in [-0.3, -0.25) is 9.59 Å². The summed E-state index contributed by atoms with van der Waals surface area (Å²) in [4.78, 5) is 29.2. The third-order valence-corrected chi connectivity index (χ3v) is 5.19. The highest BCUT2D eigenvalue weighted by Gasteiger charge is 2.31. The molecule has 0 aliphatic carbocycles. The van der Waals surface area contributed by atoms with E-state index in [1.807, 2.05) is 21.4 Å². The highest BCUT2D eigenvalue weighted by atomic mass is 35.5. The Bertz CT molecular complexity index is 822. The molecule has 4 heterocycles. The van der Waals surface area contributed by atoms with Gasteiger partial charge in [-0.2, -0.15) is 0 Å². The molecule has 0 radical (unpaired) electrons. The summed E-state index contributed by atoms with van der Waals surface area (Å²) in [6.07, 6.45) is 7.31. The Morgan fingerprint density at radius 3 is 2.93 bits per heavy atom. The summed E-state index contributed by atoms with van der Waals surface area (Å²) in [5.41, 5.74) is 1.16. The molecule has 2 N–H and O–H groups in total. The number of rotatable bonds is 5. The number of halogens is 2. The molecule has 2 aromatic rings. The first-order valence-electron chi connectivity index (χ1n) is 8.91. The highest BCUT2D eigenvalue weighted by Crippen LogP contribution is 2.31. The lowest BCUT2D eigenvalue weighted by Gasteiger charge is -2.37. The normalized spacial score (nSPS) is 20.0. The second kappa shape index (κ2) is 9.39. The Labute approximate surface area is 170 Å². The first kappa shape index (κ1) is 21.5. The molecule has 2 atom stereocenters. The van der Waals surface area contributed by atoms with Crippen LogP contribution in [0.15, 0.2) is 35.6 Å². The van der Waals surface area contributed by atoms with Gasteiger partial charge in [0.1, 0.15) is 5.56 Å². The van der Waals surface area contributed by atoms with Gasteiger partial charge in [-0.15, -0.1) is 24.8 Å². The Kier molecular flexibility index (Phi) is 7.47. The number of hydrogen-bond acceptors (Lipinski definition) is 4. The van der Waals surface area contributed by atoms with Crippen molar-refractivity contribution in [3.8, 4) is 0 Å². The zero-order chi connectivity index (χ0) is 17.2. The number of imidazole rings is 1. The fourth-order valence-electron chi connectivity index (χ4n) is 3.94. The highest BCUT2D eigenvalue weighted by molar-refractivity contribution is 5.93. The summed E-state index contributed by atoms with van der Waals surface area (Å²) in [5, 5.41) is 6.29. The van der Waals surface area contributed by atoms with E-state index in [0.29, 0.717) is 24.9 Å². The van der Waals surface area contributed by atoms with Crippen molar-refractivity contribution in [3.05, 3.63) is 52.5 Å². The minimum absolute atomic E-state index is 0. The minimum Gasteiger partial charge on any atom is -0.352 e. The van der Waals surface area contributed by atoms with Gasteiger partial charge in [0.2, 0.25) is 0 Å². The average molecular weight is 414 g/mol. The smallest absolute Gasteiger partial charge is 0.263 e. The lowest BCUT2D eigenvalue weighted by atomic mass is 9.84. The summed E-state index contributed by atoms with van der Waals surface area (Å²) >= 11 is 0. The quantitative estimate of drug-likeness (QED) is 0.726. The molecule has 148 valence electrons. The molecule has 1 fully saturated rings. The van der Waals surface area contributed by atoms with Crippen LogP contribution in [0.1, 0.15) is 34.8 Å². The topological polar surface area (TPSA) is 81.0 Å². The molecule has 7 nitrogen and oxygen atoms in total. The molecular formula is C18H25Cl2N5O2. The van der Waals surface area contributed by atoms with Gasteiger partial charge in [0, 0.05) is 50.2 Å². The third-order valence-electron chi connectivity index (χ3n) is 5.19. The number of carbonyl (C=O) groups is 1. The van der Waals surface area contributed by atoms with E-state index in [4.69, 9.17) is 0 Å². The molecule has 27 heavy (non-hydrogen) atoms. The molecular weight excluding hydrogens is 389 g/mol. The van der Waals surface area contributed by atoms with Crippen LogP contribution < -0.4 is 16.2 Å². The monoisotopic (exact) mass is 413 g/mol. The number of carbonyl (C=O) groups excluding carboxylic acids is 1. The molecule has 9 heteroatoms. The molecule has 0 unspecified atom stereocenters. The van der Waals surface area contributed by atoms with Crippen LogP contribution in [0.3, 0.4) is 0 Å². The van der Waals surface area contributed by atoms with Crippen LogP contribution in [0.25, 0.3) is 0 Å². The van der Waals surface area contributed by atoms with E-state index in [0.717, 1.165) is 38.2 Å². The maximum atomic E-state index is 12.8. The number of nitrogens with one attached hydrogen (secondary N) is 2. The number of aromatic nitrogens is 3. The second-order valence-electron chi connectivity index (χ2n) is 6.95. The SMILES string of the molecule is Cl.Cl.O=C(NCCCn1ccnc1)c1ccc2n(c1=O)C[C@@H]1CNC[C@H]2C1. The van der Waals surface area contributed by atoms with E-state index >= 15 is 0 Å². The molecule has 1 saturated heterocycles. The van der Waals surface area contributed by atoms with Gasteiger partial charge in [0.15, 0.2) is 0 Å². The molecule has 1 amide bonds. The van der Waals surface area contributed by atoms with Crippen LogP contribution >= 0.6 is 24.8 Å². The second-order valence-corrected chi connectivity index (χ2v) is 6.95. The van der Waals surface area contributed by atoms with Crippen molar-refractivity contribution < 1.29 is 4.79 Å². The number of hydrogen-bond donors (Lipinski definition) is 2. The summed E-state index contributed by atoms with van der Waals surface area (Å²) in [7, 11) is 0. The van der Waals surface area contributed by atoms with Crippen molar-refractivity contribution in [2.24, 2.45) is 5.92 Å². The maximum absolute atomic E-state index is 12.8. The van der Waals surface area contributed by atoms with Gasteiger partial charge >= 0.3 is 0 Å². The Hall–Kier alpha value is -1.83. The fraction of sp³-hybridized carbons (Fsp3) is 0.500. The van der Waals surface area contributed by atoms with Crippen molar-refractivity contribution in [1.82, 2.24) is 24.8 Å². The predicted octanol–water partition coefficient (Wildman–Crippen LogP) is 1.42. The van der Waals surface area contributed by atoms with Crippen LogP contribution in [0.2, 0.25) is 0 Å². The first-order valence-corrected chi connectivity index (χ1v) is 8.91. The number of piperidine rings is 1. The fourth-order valence-corrected chi connectivity index (χ4v) is 3.94. The third kappa shape index (κ3) is 4.54. The van der Waals surface area contributed by atoms with Crippen molar-refractivity contribution in [1.29, 1.82) is 0 Å². The number of aryl methyl sites for hydroxylation is 1. The zero-order valence-corrected chi connectivity index (χ0v) is 16.6. The molecule has 0 aromatic carbocycles. The van der Waals surface area contributed by atoms with Gasteiger partial charge < -0.3 is 19.8 Å². The lowest BCUT2D eigenvalue weighted by molar-refractivity contribution is 0.0950. The van der Waals surface area contributed by atoms with E-state index in [1.165, 1.54) is 0 Å². The summed E-state index contributed by atoms with van der Waals surface area (Å²) in [6.45, 7) is 3.90. The standard InChI is InChI=1S/C18H23N5O2.2ClH/c24-17(21-4-1-6-22-7-5-19-12-22)15-2-3-16-14-8-13(9-20-10-14)11-23(16)18(15)25;;/h2-3,5,7,12-14,20H,1,4,6,8-11H2,(H,21,24);2*1H/t13-,14+;;/m0../s1. The number of nitrogens with zero attached hydrogens (tertiary/aromatic N) is 3. The Morgan fingerprint density at radius 1 is 1.30 bits per heavy atom. The van der Waals surface area contributed by atoms with E-state index in [-0.39, 0.29) is 41.8 Å². The number of fused-ring (bicyclic) bond motifs is 4. The molecule has 4 rings (SSSR count). The molecule has 2 aliphatic heterocycles. The molecule has 2 aliphatic rings. The van der Waals surface area contributed by atoms with Gasteiger partial charge in [0.05, 0.1) is 6.33 Å². The van der Waals surface area contributed by atoms with Crippen LogP contribution in [0, 0.1) is 5.92 Å². The van der Waals surface area contributed by atoms with Crippen LogP contribution in [-0.4, -0.2) is 39.7 Å². The van der Waals surface area contributed by atoms with Gasteiger partial charge in [-0.1, -0.05) is 0 Å². The van der Waals surface area contributed by atoms with Crippen molar-refractivity contribution in [3.63, 3.8) is 0 Å². The minimum atomic E-state index is -0.278. The van der Waals surface area contributed by atoms with Gasteiger partial charge in [-0.05, 0) is 37.4 Å².